The summed E-state index contributed by atoms with van der Waals surface area (Å²) in [6.07, 6.45) is 3.21. The van der Waals surface area contributed by atoms with Crippen molar-refractivity contribution < 1.29 is 14.7 Å². The number of rotatable bonds is 3. The van der Waals surface area contributed by atoms with Crippen molar-refractivity contribution in [3.63, 3.8) is 0 Å². The molecule has 1 aromatic rings. The van der Waals surface area contributed by atoms with Crippen LogP contribution in [0.3, 0.4) is 0 Å². The standard InChI is InChI=1S/C9H7BrN2O3/c10-6-1-2-7(11-5-6)12-8(13)3-4-9(14)15/h1-5H,(H,14,15)(H,11,12,13)/b4-3+. The molecule has 5 nitrogen and oxygen atoms in total. The molecule has 0 radical (unpaired) electrons. The lowest BCUT2D eigenvalue weighted by Gasteiger charge is -1.99. The van der Waals surface area contributed by atoms with Crippen LogP contribution in [0.1, 0.15) is 0 Å². The lowest BCUT2D eigenvalue weighted by atomic mass is 10.4. The Bertz CT molecular complexity index is 400. The molecule has 0 aromatic carbocycles. The number of carbonyl (C=O) groups is 2. The average molecular weight is 271 g/mol. The lowest BCUT2D eigenvalue weighted by Crippen LogP contribution is -2.09. The highest BCUT2D eigenvalue weighted by Crippen LogP contribution is 2.10. The Morgan fingerprint density at radius 2 is 2.13 bits per heavy atom. The largest absolute Gasteiger partial charge is 0.478 e. The number of carbonyl (C=O) groups excluding carboxylic acids is 1. The van der Waals surface area contributed by atoms with E-state index in [2.05, 4.69) is 26.2 Å². The Morgan fingerprint density at radius 3 is 2.67 bits per heavy atom. The van der Waals surface area contributed by atoms with Crippen LogP contribution in [0.15, 0.2) is 35.0 Å². The number of hydrogen-bond donors (Lipinski definition) is 2. The summed E-state index contributed by atoms with van der Waals surface area (Å²) in [5, 5.41) is 10.7. The van der Waals surface area contributed by atoms with Gasteiger partial charge in [0.1, 0.15) is 5.82 Å². The minimum atomic E-state index is -1.17. The molecule has 15 heavy (non-hydrogen) atoms. The quantitative estimate of drug-likeness (QED) is 0.815. The van der Waals surface area contributed by atoms with Crippen molar-refractivity contribution in [2.24, 2.45) is 0 Å². The maximum Gasteiger partial charge on any atom is 0.328 e. The van der Waals surface area contributed by atoms with Crippen LogP contribution in [0.4, 0.5) is 5.82 Å². The molecule has 0 saturated heterocycles. The number of nitrogens with zero attached hydrogens (tertiary/aromatic N) is 1. The van der Waals surface area contributed by atoms with E-state index in [1.807, 2.05) is 0 Å². The molecule has 2 N–H and O–H groups in total. The van der Waals surface area contributed by atoms with E-state index in [1.54, 1.807) is 12.1 Å². The predicted octanol–water partition coefficient (Wildman–Crippen LogP) is 1.42. The first kappa shape index (κ1) is 11.4. The summed E-state index contributed by atoms with van der Waals surface area (Å²) in [7, 11) is 0. The number of hydrogen-bond acceptors (Lipinski definition) is 3. The zero-order valence-corrected chi connectivity index (χ0v) is 9.06. The van der Waals surface area contributed by atoms with Crippen LogP contribution in [0, 0.1) is 0 Å². The van der Waals surface area contributed by atoms with Crippen molar-refractivity contribution in [3.05, 3.63) is 35.0 Å². The number of pyridine rings is 1. The topological polar surface area (TPSA) is 79.3 Å². The van der Waals surface area contributed by atoms with E-state index in [-0.39, 0.29) is 0 Å². The molecule has 1 aromatic heterocycles. The minimum Gasteiger partial charge on any atom is -0.478 e. The Kier molecular flexibility index (Phi) is 3.99. The number of carboxylic acids is 1. The second-order valence-electron chi connectivity index (χ2n) is 2.52. The fraction of sp³-hybridized carbons (Fsp3) is 0. The first-order chi connectivity index (χ1) is 7.08. The summed E-state index contributed by atoms with van der Waals surface area (Å²) in [4.78, 5) is 25.1. The smallest absolute Gasteiger partial charge is 0.328 e. The number of aromatic nitrogens is 1. The molecule has 0 aliphatic rings. The third-order valence-electron chi connectivity index (χ3n) is 1.36. The molecule has 0 unspecified atom stereocenters. The fourth-order valence-electron chi connectivity index (χ4n) is 0.765. The van der Waals surface area contributed by atoms with Gasteiger partial charge in [-0.2, -0.15) is 0 Å². The van der Waals surface area contributed by atoms with E-state index in [0.717, 1.165) is 16.6 Å². The van der Waals surface area contributed by atoms with Crippen LogP contribution >= 0.6 is 15.9 Å². The molecule has 0 atom stereocenters. The summed E-state index contributed by atoms with van der Waals surface area (Å²) in [6, 6.07) is 3.31. The van der Waals surface area contributed by atoms with Gasteiger partial charge < -0.3 is 10.4 Å². The van der Waals surface area contributed by atoms with Gasteiger partial charge in [0.2, 0.25) is 5.91 Å². The molecule has 0 aliphatic carbocycles. The summed E-state index contributed by atoms with van der Waals surface area (Å²) < 4.78 is 0.793. The third-order valence-corrected chi connectivity index (χ3v) is 1.83. The lowest BCUT2D eigenvalue weighted by molar-refractivity contribution is -0.131. The number of carboxylic acid groups (broad SMARTS) is 1. The van der Waals surface area contributed by atoms with Crippen LogP contribution in [0.5, 0.6) is 0 Å². The first-order valence-electron chi connectivity index (χ1n) is 3.91. The van der Waals surface area contributed by atoms with Gasteiger partial charge in [-0.1, -0.05) is 0 Å². The Labute approximate surface area is 94.0 Å². The van der Waals surface area contributed by atoms with Crippen molar-refractivity contribution >= 4 is 33.6 Å². The van der Waals surface area contributed by atoms with Crippen LogP contribution < -0.4 is 5.32 Å². The zero-order chi connectivity index (χ0) is 11.3. The molecule has 1 amide bonds. The Hall–Kier alpha value is -1.69. The first-order valence-corrected chi connectivity index (χ1v) is 4.71. The van der Waals surface area contributed by atoms with Crippen LogP contribution in [-0.2, 0) is 9.59 Å². The minimum absolute atomic E-state index is 0.359. The number of nitrogens with one attached hydrogen (secondary N) is 1. The molecule has 1 heterocycles. The number of amides is 1. The van der Waals surface area contributed by atoms with Crippen LogP contribution in [0.2, 0.25) is 0 Å². The fourth-order valence-corrected chi connectivity index (χ4v) is 0.999. The molecular weight excluding hydrogens is 264 g/mol. The van der Waals surface area contributed by atoms with E-state index in [9.17, 15) is 9.59 Å². The van der Waals surface area contributed by atoms with E-state index in [0.29, 0.717) is 5.82 Å². The zero-order valence-electron chi connectivity index (χ0n) is 7.48. The highest BCUT2D eigenvalue weighted by atomic mass is 79.9. The molecule has 0 spiro atoms. The highest BCUT2D eigenvalue weighted by molar-refractivity contribution is 9.10. The number of aliphatic carboxylic acids is 1. The van der Waals surface area contributed by atoms with Crippen molar-refractivity contribution in [3.8, 4) is 0 Å². The average Bonchev–Trinajstić information content (AvgIpc) is 2.19. The maximum absolute atomic E-state index is 11.1. The monoisotopic (exact) mass is 270 g/mol. The Balaban J connectivity index is 2.59. The van der Waals surface area contributed by atoms with E-state index < -0.39 is 11.9 Å². The molecule has 6 heteroatoms. The van der Waals surface area contributed by atoms with E-state index in [4.69, 9.17) is 5.11 Å². The van der Waals surface area contributed by atoms with Gasteiger partial charge in [0.25, 0.3) is 0 Å². The van der Waals surface area contributed by atoms with Crippen molar-refractivity contribution in [2.45, 2.75) is 0 Å². The van der Waals surface area contributed by atoms with E-state index in [1.165, 1.54) is 6.20 Å². The van der Waals surface area contributed by atoms with Gasteiger partial charge in [-0.3, -0.25) is 4.79 Å². The van der Waals surface area contributed by atoms with Gasteiger partial charge in [-0.05, 0) is 28.1 Å². The normalized spacial score (nSPS) is 10.2. The van der Waals surface area contributed by atoms with Crippen LogP contribution in [0.25, 0.3) is 0 Å². The maximum atomic E-state index is 11.1. The predicted molar refractivity (Wildman–Crippen MR) is 57.3 cm³/mol. The summed E-state index contributed by atoms with van der Waals surface area (Å²) in [5.41, 5.74) is 0. The van der Waals surface area contributed by atoms with Crippen molar-refractivity contribution in [2.75, 3.05) is 5.32 Å². The van der Waals surface area contributed by atoms with Gasteiger partial charge in [0, 0.05) is 22.8 Å². The third kappa shape index (κ3) is 4.37. The molecule has 78 valence electrons. The van der Waals surface area contributed by atoms with Gasteiger partial charge in [0.05, 0.1) is 0 Å². The van der Waals surface area contributed by atoms with Gasteiger partial charge >= 0.3 is 5.97 Å². The molecule has 0 bridgehead atoms. The van der Waals surface area contributed by atoms with Gasteiger partial charge in [0.15, 0.2) is 0 Å². The molecule has 0 aliphatic heterocycles. The van der Waals surface area contributed by atoms with Gasteiger partial charge in [-0.15, -0.1) is 0 Å². The SMILES string of the molecule is O=C(O)/C=C/C(=O)Nc1ccc(Br)cn1. The Morgan fingerprint density at radius 1 is 1.40 bits per heavy atom. The molecule has 0 saturated carbocycles. The molecule has 1 rings (SSSR count). The number of anilines is 1. The van der Waals surface area contributed by atoms with Crippen LogP contribution in [-0.4, -0.2) is 22.0 Å². The van der Waals surface area contributed by atoms with Crippen molar-refractivity contribution in [1.29, 1.82) is 0 Å². The summed E-state index contributed by atoms with van der Waals surface area (Å²) >= 11 is 3.19. The summed E-state index contributed by atoms with van der Waals surface area (Å²) in [5.74, 6) is -1.35. The summed E-state index contributed by atoms with van der Waals surface area (Å²) in [6.45, 7) is 0. The second kappa shape index (κ2) is 5.26. The highest BCUT2D eigenvalue weighted by Gasteiger charge is 1.99. The van der Waals surface area contributed by atoms with Crippen molar-refractivity contribution in [1.82, 2.24) is 4.98 Å². The van der Waals surface area contributed by atoms with Gasteiger partial charge in [-0.25, -0.2) is 9.78 Å². The molecular formula is C9H7BrN2O3. The molecule has 0 fully saturated rings. The number of halogens is 1. The van der Waals surface area contributed by atoms with E-state index >= 15 is 0 Å². The second-order valence-corrected chi connectivity index (χ2v) is 3.44.